The maximum atomic E-state index is 12.7. The number of alkyl halides is 3. The Bertz CT molecular complexity index is 1090. The van der Waals surface area contributed by atoms with Crippen molar-refractivity contribution >= 4 is 17.3 Å². The molecule has 168 valence electrons. The second kappa shape index (κ2) is 8.73. The molecule has 0 saturated heterocycles. The minimum Gasteiger partial charge on any atom is -0.364 e. The molecule has 7 heteroatoms. The maximum Gasteiger partial charge on any atom is 0.416 e. The number of rotatable bonds is 5. The molecule has 2 heterocycles. The summed E-state index contributed by atoms with van der Waals surface area (Å²) in [5.74, 6) is -0.153. The van der Waals surface area contributed by atoms with Crippen molar-refractivity contribution in [2.45, 2.75) is 46.0 Å². The zero-order chi connectivity index (χ0) is 22.9. The molecule has 1 aliphatic rings. The number of carbonyl (C=O) groups excluding carboxylic acids is 1. The van der Waals surface area contributed by atoms with E-state index in [1.54, 1.807) is 0 Å². The molecule has 0 saturated carbocycles. The zero-order valence-corrected chi connectivity index (χ0v) is 18.2. The second-order valence-electron chi connectivity index (χ2n) is 8.31. The Morgan fingerprint density at radius 3 is 2.38 bits per heavy atom. The molecule has 0 aliphatic carbocycles. The van der Waals surface area contributed by atoms with Gasteiger partial charge in [-0.25, -0.2) is 0 Å². The van der Waals surface area contributed by atoms with Crippen LogP contribution in [0, 0.1) is 13.8 Å². The number of hydrogen-bond donors (Lipinski definition) is 1. The van der Waals surface area contributed by atoms with Crippen LogP contribution in [0.2, 0.25) is 0 Å². The quantitative estimate of drug-likeness (QED) is 0.550. The average Bonchev–Trinajstić information content (AvgIpc) is 3.22. The number of benzene rings is 2. The summed E-state index contributed by atoms with van der Waals surface area (Å²) in [5, 5.41) is 2.98. The number of anilines is 2. The highest BCUT2D eigenvalue weighted by Crippen LogP contribution is 2.31. The van der Waals surface area contributed by atoms with Crippen LogP contribution >= 0.6 is 0 Å². The van der Waals surface area contributed by atoms with E-state index < -0.39 is 11.7 Å². The van der Waals surface area contributed by atoms with Crippen molar-refractivity contribution in [3.05, 3.63) is 82.7 Å². The monoisotopic (exact) mass is 441 g/mol. The highest BCUT2D eigenvalue weighted by Gasteiger charge is 2.29. The van der Waals surface area contributed by atoms with Crippen molar-refractivity contribution in [3.63, 3.8) is 0 Å². The van der Waals surface area contributed by atoms with Crippen LogP contribution in [0.25, 0.3) is 0 Å². The van der Waals surface area contributed by atoms with Crippen molar-refractivity contribution in [3.8, 4) is 0 Å². The second-order valence-corrected chi connectivity index (χ2v) is 8.31. The van der Waals surface area contributed by atoms with Gasteiger partial charge in [-0.05, 0) is 73.4 Å². The van der Waals surface area contributed by atoms with Gasteiger partial charge in [0.2, 0.25) is 5.91 Å². The van der Waals surface area contributed by atoms with Crippen molar-refractivity contribution < 1.29 is 18.0 Å². The van der Waals surface area contributed by atoms with E-state index in [4.69, 9.17) is 0 Å². The summed E-state index contributed by atoms with van der Waals surface area (Å²) >= 11 is 0. The molecule has 0 unspecified atom stereocenters. The lowest BCUT2D eigenvalue weighted by molar-refractivity contribution is -0.137. The number of nitrogens with one attached hydrogen (secondary N) is 1. The molecule has 1 aliphatic heterocycles. The fourth-order valence-electron chi connectivity index (χ4n) is 4.18. The molecule has 0 radical (unpaired) electrons. The molecule has 1 amide bonds. The predicted molar refractivity (Wildman–Crippen MR) is 120 cm³/mol. The summed E-state index contributed by atoms with van der Waals surface area (Å²) in [4.78, 5) is 14.8. The molecular weight excluding hydrogens is 415 g/mol. The molecule has 1 N–H and O–H groups in total. The van der Waals surface area contributed by atoms with Crippen LogP contribution in [0.1, 0.15) is 34.4 Å². The van der Waals surface area contributed by atoms with Gasteiger partial charge in [-0.1, -0.05) is 12.1 Å². The number of amides is 1. The number of nitrogens with zero attached hydrogens (tertiary/aromatic N) is 2. The largest absolute Gasteiger partial charge is 0.416 e. The van der Waals surface area contributed by atoms with E-state index in [1.165, 1.54) is 17.8 Å². The van der Waals surface area contributed by atoms with Crippen LogP contribution < -0.4 is 10.2 Å². The first-order valence-electron chi connectivity index (χ1n) is 10.7. The molecule has 0 spiro atoms. The van der Waals surface area contributed by atoms with E-state index in [0.717, 1.165) is 54.3 Å². The van der Waals surface area contributed by atoms with Gasteiger partial charge in [-0.15, -0.1) is 0 Å². The molecule has 0 bridgehead atoms. The Labute approximate surface area is 185 Å². The molecule has 0 atom stereocenters. The minimum atomic E-state index is -4.35. The van der Waals surface area contributed by atoms with Crippen LogP contribution in [0.15, 0.2) is 54.7 Å². The fraction of sp³-hybridized carbons (Fsp3) is 0.320. The summed E-state index contributed by atoms with van der Waals surface area (Å²) < 4.78 is 40.3. The lowest BCUT2D eigenvalue weighted by Crippen LogP contribution is -2.33. The minimum absolute atomic E-state index is 0.153. The van der Waals surface area contributed by atoms with Gasteiger partial charge >= 0.3 is 6.18 Å². The molecule has 3 aromatic rings. The Hall–Kier alpha value is -3.22. The molecule has 2 aromatic carbocycles. The SMILES string of the molecule is Cc1cc(N2CCn3cccc3C2)cc(C)c1NC(=O)CCc1ccc(C(F)(F)F)cc1. The Kier molecular flexibility index (Phi) is 6.00. The highest BCUT2D eigenvalue weighted by molar-refractivity contribution is 5.93. The molecule has 4 nitrogen and oxygen atoms in total. The van der Waals surface area contributed by atoms with Crippen molar-refractivity contribution in [2.24, 2.45) is 0 Å². The van der Waals surface area contributed by atoms with Gasteiger partial charge in [0.05, 0.1) is 12.1 Å². The predicted octanol–water partition coefficient (Wildman–Crippen LogP) is 5.72. The number of aryl methyl sites for hydroxylation is 3. The lowest BCUT2D eigenvalue weighted by Gasteiger charge is -2.31. The van der Waals surface area contributed by atoms with Crippen molar-refractivity contribution in [2.75, 3.05) is 16.8 Å². The molecule has 4 rings (SSSR count). The Morgan fingerprint density at radius 2 is 1.72 bits per heavy atom. The summed E-state index contributed by atoms with van der Waals surface area (Å²) in [6.07, 6.45) is -1.66. The van der Waals surface area contributed by atoms with Crippen LogP contribution in [0.4, 0.5) is 24.5 Å². The first kappa shape index (κ1) is 22.0. The van der Waals surface area contributed by atoms with Gasteiger partial charge in [-0.3, -0.25) is 4.79 Å². The topological polar surface area (TPSA) is 37.3 Å². The summed E-state index contributed by atoms with van der Waals surface area (Å²) in [7, 11) is 0. The Balaban J connectivity index is 1.38. The van der Waals surface area contributed by atoms with E-state index in [0.29, 0.717) is 12.0 Å². The zero-order valence-electron chi connectivity index (χ0n) is 18.2. The number of carbonyl (C=O) groups is 1. The molecule has 1 aromatic heterocycles. The fourth-order valence-corrected chi connectivity index (χ4v) is 4.18. The third-order valence-corrected chi connectivity index (χ3v) is 5.96. The molecular formula is C25H26F3N3O. The molecule has 0 fully saturated rings. The van der Waals surface area contributed by atoms with Gasteiger partial charge in [-0.2, -0.15) is 13.2 Å². The van der Waals surface area contributed by atoms with Crippen molar-refractivity contribution in [1.29, 1.82) is 0 Å². The van der Waals surface area contributed by atoms with Crippen LogP contribution in [0.3, 0.4) is 0 Å². The Morgan fingerprint density at radius 1 is 1.03 bits per heavy atom. The number of fused-ring (bicyclic) bond motifs is 1. The summed E-state index contributed by atoms with van der Waals surface area (Å²) in [5.41, 5.74) is 5.22. The van der Waals surface area contributed by atoms with Gasteiger partial charge in [0.1, 0.15) is 0 Å². The van der Waals surface area contributed by atoms with Crippen LogP contribution in [-0.2, 0) is 30.5 Å². The lowest BCUT2D eigenvalue weighted by atomic mass is 10.0. The van der Waals surface area contributed by atoms with E-state index >= 15 is 0 Å². The average molecular weight is 441 g/mol. The number of halogens is 3. The first-order chi connectivity index (χ1) is 15.2. The van der Waals surface area contributed by atoms with Gasteiger partial charge in [0.25, 0.3) is 0 Å². The van der Waals surface area contributed by atoms with Gasteiger partial charge < -0.3 is 14.8 Å². The molecule has 32 heavy (non-hydrogen) atoms. The first-order valence-corrected chi connectivity index (χ1v) is 10.7. The third kappa shape index (κ3) is 4.82. The normalized spacial score (nSPS) is 13.7. The van der Waals surface area contributed by atoms with E-state index in [-0.39, 0.29) is 12.3 Å². The summed E-state index contributed by atoms with van der Waals surface area (Å²) in [6.45, 7) is 6.69. The standard InChI is InChI=1S/C25H26F3N3O/c1-17-14-22(31-13-12-30-11-3-4-21(30)16-31)15-18(2)24(17)29-23(32)10-7-19-5-8-20(9-6-19)25(26,27)28/h3-6,8-9,11,14-15H,7,10,12-13,16H2,1-2H3,(H,29,32). The van der Waals surface area contributed by atoms with E-state index in [2.05, 4.69) is 45.2 Å². The third-order valence-electron chi connectivity index (χ3n) is 5.96. The smallest absolute Gasteiger partial charge is 0.364 e. The summed E-state index contributed by atoms with van der Waals surface area (Å²) in [6, 6.07) is 13.4. The van der Waals surface area contributed by atoms with E-state index in [1.807, 2.05) is 13.8 Å². The van der Waals surface area contributed by atoms with E-state index in [9.17, 15) is 18.0 Å². The van der Waals surface area contributed by atoms with Crippen LogP contribution in [-0.4, -0.2) is 17.0 Å². The maximum absolute atomic E-state index is 12.7. The van der Waals surface area contributed by atoms with Crippen molar-refractivity contribution in [1.82, 2.24) is 4.57 Å². The van der Waals surface area contributed by atoms with Gasteiger partial charge in [0.15, 0.2) is 0 Å². The number of hydrogen-bond acceptors (Lipinski definition) is 2. The van der Waals surface area contributed by atoms with Gasteiger partial charge in [0, 0.05) is 42.8 Å². The van der Waals surface area contributed by atoms with Crippen LogP contribution in [0.5, 0.6) is 0 Å². The number of aromatic nitrogens is 1. The highest BCUT2D eigenvalue weighted by atomic mass is 19.4.